The summed E-state index contributed by atoms with van der Waals surface area (Å²) in [5.74, 6) is 0.853. The first kappa shape index (κ1) is 25.5. The van der Waals surface area contributed by atoms with Crippen LogP contribution in [-0.2, 0) is 23.2 Å². The molecule has 3 aromatic heterocycles. The van der Waals surface area contributed by atoms with Gasteiger partial charge < -0.3 is 24.1 Å². The van der Waals surface area contributed by atoms with E-state index in [2.05, 4.69) is 20.3 Å². The highest BCUT2D eigenvalue weighted by Gasteiger charge is 2.47. The van der Waals surface area contributed by atoms with Crippen molar-refractivity contribution in [2.24, 2.45) is 24.8 Å². The summed E-state index contributed by atoms with van der Waals surface area (Å²) >= 11 is 0. The highest BCUT2D eigenvalue weighted by Crippen LogP contribution is 2.48. The fourth-order valence-corrected chi connectivity index (χ4v) is 6.03. The van der Waals surface area contributed by atoms with Crippen LogP contribution < -0.4 is 14.2 Å². The van der Waals surface area contributed by atoms with Crippen LogP contribution in [0.4, 0.5) is 0 Å². The second kappa shape index (κ2) is 10.8. The third kappa shape index (κ3) is 5.38. The molecule has 1 aliphatic heterocycles. The molecule has 0 aromatic carbocycles. The number of fused-ring (bicyclic) bond motifs is 1. The van der Waals surface area contributed by atoms with E-state index in [1.165, 1.54) is 0 Å². The summed E-state index contributed by atoms with van der Waals surface area (Å²) in [6.45, 7) is 3.28. The molecule has 0 amide bonds. The van der Waals surface area contributed by atoms with Crippen molar-refractivity contribution in [3.05, 3.63) is 35.8 Å². The first-order chi connectivity index (χ1) is 18.9. The van der Waals surface area contributed by atoms with E-state index in [-0.39, 0.29) is 36.7 Å². The monoisotopic (exact) mass is 536 g/mol. The molecule has 206 valence electrons. The Labute approximate surface area is 225 Å². The van der Waals surface area contributed by atoms with Gasteiger partial charge >= 0.3 is 12.0 Å². The van der Waals surface area contributed by atoms with Gasteiger partial charge in [0.15, 0.2) is 0 Å². The molecule has 12 nitrogen and oxygen atoms in total. The first-order valence-corrected chi connectivity index (χ1v) is 13.4. The topological polar surface area (TPSA) is 144 Å². The molecule has 1 N–H and O–H groups in total. The van der Waals surface area contributed by atoms with E-state index < -0.39 is 5.97 Å². The average Bonchev–Trinajstić information content (AvgIpc) is 3.70. The van der Waals surface area contributed by atoms with Crippen LogP contribution in [0.1, 0.15) is 43.5 Å². The van der Waals surface area contributed by atoms with Crippen LogP contribution in [0.2, 0.25) is 0 Å². The van der Waals surface area contributed by atoms with Crippen LogP contribution in [-0.4, -0.2) is 66.4 Å². The standard InChI is InChI=1S/C27H32N6O6/c1-15-23(38-18-11-16-3-4-19(26(34)35)20(16)12-18)6-5-21(29-15)25-22(33(2)32-31-25)14-37-27-28-9-7-24(30-27)39-17-8-10-36-13-17/h5-7,9,16-20H,3-4,8,10-14H2,1-2H3,(H,34,35)/t16-,17+,18-,19?,20+/m1/s1. The predicted octanol–water partition coefficient (Wildman–Crippen LogP) is 2.99. The molecule has 1 unspecified atom stereocenters. The number of aliphatic carboxylic acids is 1. The van der Waals surface area contributed by atoms with Crippen molar-refractivity contribution >= 4 is 5.97 Å². The van der Waals surface area contributed by atoms with Gasteiger partial charge in [-0.05, 0) is 56.6 Å². The summed E-state index contributed by atoms with van der Waals surface area (Å²) < 4.78 is 25.0. The maximum absolute atomic E-state index is 11.6. The van der Waals surface area contributed by atoms with Gasteiger partial charge in [0.25, 0.3) is 0 Å². The van der Waals surface area contributed by atoms with Gasteiger partial charge in [0, 0.05) is 25.7 Å². The summed E-state index contributed by atoms with van der Waals surface area (Å²) in [6, 6.07) is 5.65. The molecule has 2 aliphatic carbocycles. The summed E-state index contributed by atoms with van der Waals surface area (Å²) in [5, 5.41) is 18.0. The zero-order valence-corrected chi connectivity index (χ0v) is 22.0. The molecule has 5 atom stereocenters. The molecule has 12 heteroatoms. The molecule has 0 bridgehead atoms. The van der Waals surface area contributed by atoms with Crippen LogP contribution in [0.3, 0.4) is 0 Å². The molecule has 6 rings (SSSR count). The van der Waals surface area contributed by atoms with Crippen molar-refractivity contribution in [1.82, 2.24) is 29.9 Å². The van der Waals surface area contributed by atoms with Crippen molar-refractivity contribution < 1.29 is 28.8 Å². The van der Waals surface area contributed by atoms with Gasteiger partial charge in [0.05, 0.1) is 36.6 Å². The Bertz CT molecular complexity index is 1340. The van der Waals surface area contributed by atoms with Crippen molar-refractivity contribution in [3.8, 4) is 29.0 Å². The number of hydrogen-bond donors (Lipinski definition) is 1. The van der Waals surface area contributed by atoms with E-state index >= 15 is 0 Å². The van der Waals surface area contributed by atoms with Crippen molar-refractivity contribution in [1.29, 1.82) is 0 Å². The molecule has 3 aromatic rings. The van der Waals surface area contributed by atoms with Crippen molar-refractivity contribution in [2.75, 3.05) is 13.2 Å². The fourth-order valence-electron chi connectivity index (χ4n) is 6.03. The largest absolute Gasteiger partial charge is 0.489 e. The smallest absolute Gasteiger partial charge is 0.320 e. The maximum Gasteiger partial charge on any atom is 0.320 e. The number of aryl methyl sites for hydroxylation is 2. The van der Waals surface area contributed by atoms with E-state index in [0.29, 0.717) is 42.1 Å². The average molecular weight is 537 g/mol. The number of carbonyl (C=O) groups is 1. The zero-order chi connectivity index (χ0) is 26.9. The third-order valence-electron chi connectivity index (χ3n) is 8.03. The molecule has 4 heterocycles. The van der Waals surface area contributed by atoms with Crippen LogP contribution in [0.5, 0.6) is 17.6 Å². The highest BCUT2D eigenvalue weighted by atomic mass is 16.6. The van der Waals surface area contributed by atoms with E-state index in [4.69, 9.17) is 23.9 Å². The summed E-state index contributed by atoms with van der Waals surface area (Å²) in [7, 11) is 1.79. The van der Waals surface area contributed by atoms with Crippen LogP contribution in [0.25, 0.3) is 11.4 Å². The van der Waals surface area contributed by atoms with Crippen molar-refractivity contribution in [2.45, 2.75) is 57.8 Å². The molecular formula is C27H32N6O6. The van der Waals surface area contributed by atoms with E-state index in [0.717, 1.165) is 43.5 Å². The lowest BCUT2D eigenvalue weighted by Gasteiger charge is -2.18. The fraction of sp³-hybridized carbons (Fsp3) is 0.556. The summed E-state index contributed by atoms with van der Waals surface area (Å²) in [5.41, 5.74) is 2.71. The van der Waals surface area contributed by atoms with E-state index in [9.17, 15) is 9.90 Å². The maximum atomic E-state index is 11.6. The molecule has 3 fully saturated rings. The highest BCUT2D eigenvalue weighted by molar-refractivity contribution is 5.71. The minimum Gasteiger partial charge on any atom is -0.489 e. The van der Waals surface area contributed by atoms with Gasteiger partial charge in [-0.1, -0.05) is 5.21 Å². The Hall–Kier alpha value is -3.80. The van der Waals surface area contributed by atoms with Gasteiger partial charge in [-0.15, -0.1) is 5.10 Å². The number of pyridine rings is 1. The molecular weight excluding hydrogens is 504 g/mol. The Morgan fingerprint density at radius 2 is 2.03 bits per heavy atom. The number of rotatable bonds is 9. The summed E-state index contributed by atoms with van der Waals surface area (Å²) in [6.07, 6.45) is 5.82. The Balaban J connectivity index is 1.11. The van der Waals surface area contributed by atoms with Gasteiger partial charge in [-0.25, -0.2) is 14.6 Å². The van der Waals surface area contributed by atoms with Gasteiger partial charge in [-0.3, -0.25) is 4.79 Å². The Kier molecular flexibility index (Phi) is 7.03. The zero-order valence-electron chi connectivity index (χ0n) is 22.0. The van der Waals surface area contributed by atoms with E-state index in [1.807, 2.05) is 19.1 Å². The lowest BCUT2D eigenvalue weighted by Crippen LogP contribution is -2.21. The SMILES string of the molecule is Cc1nc(-c2nnn(C)c2COc2nccc(O[C@H]3CCOC3)n2)ccc1O[C@@H]1C[C@H]2CCC(C(=O)O)[C@H]2C1. The lowest BCUT2D eigenvalue weighted by atomic mass is 9.92. The minimum absolute atomic E-state index is 0.00918. The molecule has 39 heavy (non-hydrogen) atoms. The quantitative estimate of drug-likeness (QED) is 0.431. The van der Waals surface area contributed by atoms with Gasteiger partial charge in [0.1, 0.15) is 29.8 Å². The molecule has 3 aliphatic rings. The normalized spacial score (nSPS) is 25.9. The minimum atomic E-state index is -0.680. The molecule has 1 saturated heterocycles. The van der Waals surface area contributed by atoms with E-state index in [1.54, 1.807) is 24.0 Å². The molecule has 2 saturated carbocycles. The second-order valence-corrected chi connectivity index (χ2v) is 10.5. The number of aromatic nitrogens is 6. The number of nitrogens with zero attached hydrogens (tertiary/aromatic N) is 6. The third-order valence-corrected chi connectivity index (χ3v) is 8.03. The lowest BCUT2D eigenvalue weighted by molar-refractivity contribution is -0.143. The number of ether oxygens (including phenoxy) is 4. The van der Waals surface area contributed by atoms with Gasteiger partial charge in [0.2, 0.25) is 5.88 Å². The van der Waals surface area contributed by atoms with Gasteiger partial charge in [-0.2, -0.15) is 4.98 Å². The van der Waals surface area contributed by atoms with Crippen molar-refractivity contribution in [3.63, 3.8) is 0 Å². The van der Waals surface area contributed by atoms with Crippen LogP contribution in [0, 0.1) is 24.7 Å². The summed E-state index contributed by atoms with van der Waals surface area (Å²) in [4.78, 5) is 24.9. The van der Waals surface area contributed by atoms with Crippen LogP contribution >= 0.6 is 0 Å². The second-order valence-electron chi connectivity index (χ2n) is 10.5. The molecule has 0 spiro atoms. The first-order valence-electron chi connectivity index (χ1n) is 13.4. The number of carboxylic acid groups (broad SMARTS) is 1. The Morgan fingerprint density at radius 1 is 1.13 bits per heavy atom. The molecule has 0 radical (unpaired) electrons. The van der Waals surface area contributed by atoms with Crippen LogP contribution in [0.15, 0.2) is 24.4 Å². The predicted molar refractivity (Wildman–Crippen MR) is 136 cm³/mol. The Morgan fingerprint density at radius 3 is 2.82 bits per heavy atom. The number of hydrogen-bond acceptors (Lipinski definition) is 10. The number of carboxylic acids is 1.